The molecule has 9 heteroatoms. The van der Waals surface area contributed by atoms with Crippen molar-refractivity contribution in [2.75, 3.05) is 5.73 Å². The van der Waals surface area contributed by atoms with Crippen molar-refractivity contribution in [3.05, 3.63) is 76.1 Å². The summed E-state index contributed by atoms with van der Waals surface area (Å²) in [5, 5.41) is 7.43. The second-order valence-corrected chi connectivity index (χ2v) is 9.22. The second-order valence-electron chi connectivity index (χ2n) is 9.22. The zero-order chi connectivity index (χ0) is 25.3. The number of nitrogens with one attached hydrogen (secondary N) is 1. The van der Waals surface area contributed by atoms with Gasteiger partial charge in [-0.3, -0.25) is 9.59 Å². The number of nitrogen functional groups attached to an aromatic ring is 1. The van der Waals surface area contributed by atoms with Crippen LogP contribution in [-0.4, -0.2) is 27.5 Å². The molecule has 0 spiro atoms. The first kappa shape index (κ1) is 24.4. The van der Waals surface area contributed by atoms with E-state index in [1.165, 1.54) is 4.68 Å². The van der Waals surface area contributed by atoms with E-state index in [4.69, 9.17) is 11.5 Å². The molecule has 0 aliphatic heterocycles. The number of rotatable bonds is 6. The molecule has 0 atom stereocenters. The third-order valence-electron chi connectivity index (χ3n) is 6.56. The molecule has 0 unspecified atom stereocenters. The number of benzene rings is 2. The Balaban J connectivity index is 1.52. The SMILES string of the molecule is Cc1ccc(C)c(C(=O)NCc2ccc(-n3nc(C4CCC(F)(F)CC4)c(N)c3C(N)=O)cc2)c1. The quantitative estimate of drug-likeness (QED) is 0.484. The van der Waals surface area contributed by atoms with Gasteiger partial charge in [-0.25, -0.2) is 13.5 Å². The molecule has 184 valence electrons. The van der Waals surface area contributed by atoms with Crippen LogP contribution in [0, 0.1) is 13.8 Å². The molecular formula is C26H29F2N5O2. The molecular weight excluding hydrogens is 452 g/mol. The summed E-state index contributed by atoms with van der Waals surface area (Å²) in [7, 11) is 0. The number of alkyl halides is 2. The molecule has 1 aliphatic carbocycles. The number of anilines is 1. The van der Waals surface area contributed by atoms with Gasteiger partial charge in [0.05, 0.1) is 17.1 Å². The number of halogens is 2. The van der Waals surface area contributed by atoms with Crippen molar-refractivity contribution in [2.24, 2.45) is 5.73 Å². The van der Waals surface area contributed by atoms with Crippen LogP contribution in [-0.2, 0) is 6.54 Å². The second kappa shape index (κ2) is 9.48. The molecule has 1 aliphatic rings. The van der Waals surface area contributed by atoms with Crippen LogP contribution >= 0.6 is 0 Å². The van der Waals surface area contributed by atoms with Crippen molar-refractivity contribution in [3.63, 3.8) is 0 Å². The average molecular weight is 482 g/mol. The Morgan fingerprint density at radius 2 is 1.77 bits per heavy atom. The zero-order valence-electron chi connectivity index (χ0n) is 19.8. The lowest BCUT2D eigenvalue weighted by Gasteiger charge is -2.27. The summed E-state index contributed by atoms with van der Waals surface area (Å²) >= 11 is 0. The van der Waals surface area contributed by atoms with E-state index in [9.17, 15) is 18.4 Å². The zero-order valence-corrected chi connectivity index (χ0v) is 19.8. The van der Waals surface area contributed by atoms with Crippen LogP contribution in [0.4, 0.5) is 14.5 Å². The first-order chi connectivity index (χ1) is 16.6. The maximum Gasteiger partial charge on any atom is 0.269 e. The normalized spacial score (nSPS) is 15.7. The van der Waals surface area contributed by atoms with E-state index in [1.807, 2.05) is 44.2 Å². The lowest BCUT2D eigenvalue weighted by molar-refractivity contribution is -0.0384. The molecule has 35 heavy (non-hydrogen) atoms. The summed E-state index contributed by atoms with van der Waals surface area (Å²) < 4.78 is 28.6. The Hall–Kier alpha value is -3.75. The summed E-state index contributed by atoms with van der Waals surface area (Å²) in [4.78, 5) is 24.8. The lowest BCUT2D eigenvalue weighted by Crippen LogP contribution is -2.24. The Morgan fingerprint density at radius 1 is 1.11 bits per heavy atom. The highest BCUT2D eigenvalue weighted by atomic mass is 19.3. The molecule has 0 saturated heterocycles. The van der Waals surface area contributed by atoms with E-state index in [0.29, 0.717) is 23.5 Å². The number of carbonyl (C=O) groups excluding carboxylic acids is 2. The monoisotopic (exact) mass is 481 g/mol. The van der Waals surface area contributed by atoms with Gasteiger partial charge in [0.25, 0.3) is 11.8 Å². The summed E-state index contributed by atoms with van der Waals surface area (Å²) in [6.07, 6.45) is 0.00759. The number of aromatic nitrogens is 2. The highest BCUT2D eigenvalue weighted by molar-refractivity contribution is 5.97. The molecule has 3 aromatic rings. The van der Waals surface area contributed by atoms with Crippen molar-refractivity contribution in [2.45, 2.75) is 57.9 Å². The van der Waals surface area contributed by atoms with Crippen molar-refractivity contribution < 1.29 is 18.4 Å². The number of aryl methyl sites for hydroxylation is 2. The van der Waals surface area contributed by atoms with Gasteiger partial charge in [0.1, 0.15) is 0 Å². The van der Waals surface area contributed by atoms with E-state index < -0.39 is 11.8 Å². The Kier molecular flexibility index (Phi) is 6.60. The topological polar surface area (TPSA) is 116 Å². The van der Waals surface area contributed by atoms with Gasteiger partial charge >= 0.3 is 0 Å². The number of nitrogens with two attached hydrogens (primary N) is 2. The summed E-state index contributed by atoms with van der Waals surface area (Å²) in [6.45, 7) is 4.15. The largest absolute Gasteiger partial charge is 0.395 e. The molecule has 0 radical (unpaired) electrons. The number of amides is 2. The molecule has 1 fully saturated rings. The van der Waals surface area contributed by atoms with Gasteiger partial charge in [-0.2, -0.15) is 5.10 Å². The Morgan fingerprint density at radius 3 is 2.40 bits per heavy atom. The van der Waals surface area contributed by atoms with E-state index in [-0.39, 0.29) is 48.9 Å². The minimum atomic E-state index is -2.68. The van der Waals surface area contributed by atoms with Crippen molar-refractivity contribution in [1.29, 1.82) is 0 Å². The van der Waals surface area contributed by atoms with Gasteiger partial charge in [0, 0.05) is 30.9 Å². The Labute approximate surface area is 202 Å². The summed E-state index contributed by atoms with van der Waals surface area (Å²) in [5.74, 6) is -3.83. The third-order valence-corrected chi connectivity index (χ3v) is 6.56. The van der Waals surface area contributed by atoms with Crippen molar-refractivity contribution >= 4 is 17.5 Å². The van der Waals surface area contributed by atoms with Crippen molar-refractivity contribution in [3.8, 4) is 5.69 Å². The molecule has 2 aromatic carbocycles. The van der Waals surface area contributed by atoms with Crippen molar-refractivity contribution in [1.82, 2.24) is 15.1 Å². The van der Waals surface area contributed by atoms with Gasteiger partial charge in [-0.15, -0.1) is 0 Å². The van der Waals surface area contributed by atoms with Crippen LogP contribution in [0.3, 0.4) is 0 Å². The van der Waals surface area contributed by atoms with Gasteiger partial charge in [-0.05, 0) is 56.0 Å². The maximum absolute atomic E-state index is 13.6. The Bertz CT molecular complexity index is 1260. The highest BCUT2D eigenvalue weighted by Gasteiger charge is 2.38. The molecule has 1 saturated carbocycles. The fraction of sp³-hybridized carbons (Fsp3) is 0.346. The van der Waals surface area contributed by atoms with Crippen LogP contribution in [0.2, 0.25) is 0 Å². The third kappa shape index (κ3) is 5.18. The standard InChI is InChI=1S/C26H29F2N5O2/c1-15-3-4-16(2)20(13-15)25(35)31-14-17-5-7-19(8-6-17)33-23(24(30)34)21(29)22(32-33)18-9-11-26(27,28)12-10-18/h3-8,13,18H,9-12,14,29H2,1-2H3,(H2,30,34)(H,31,35). The van der Waals surface area contributed by atoms with Crippen LogP contribution < -0.4 is 16.8 Å². The van der Waals surface area contributed by atoms with Crippen LogP contribution in [0.15, 0.2) is 42.5 Å². The minimum Gasteiger partial charge on any atom is -0.395 e. The van der Waals surface area contributed by atoms with Gasteiger partial charge in [0.2, 0.25) is 5.92 Å². The molecule has 7 nitrogen and oxygen atoms in total. The first-order valence-corrected chi connectivity index (χ1v) is 11.6. The van der Waals surface area contributed by atoms with Gasteiger partial charge in [-0.1, -0.05) is 29.8 Å². The van der Waals surface area contributed by atoms with E-state index in [0.717, 1.165) is 16.7 Å². The lowest BCUT2D eigenvalue weighted by atomic mass is 9.84. The predicted octanol–water partition coefficient (Wildman–Crippen LogP) is 4.39. The summed E-state index contributed by atoms with van der Waals surface area (Å²) in [5.41, 5.74) is 16.3. The maximum atomic E-state index is 13.6. The van der Waals surface area contributed by atoms with Crippen LogP contribution in [0.25, 0.3) is 5.69 Å². The average Bonchev–Trinajstić information content (AvgIpc) is 3.16. The summed E-state index contributed by atoms with van der Waals surface area (Å²) in [6, 6.07) is 12.8. The highest BCUT2D eigenvalue weighted by Crippen LogP contribution is 2.42. The molecule has 1 aromatic heterocycles. The van der Waals surface area contributed by atoms with E-state index in [1.54, 1.807) is 12.1 Å². The molecule has 0 bridgehead atoms. The number of carbonyl (C=O) groups is 2. The smallest absolute Gasteiger partial charge is 0.269 e. The van der Waals surface area contributed by atoms with Crippen LogP contribution in [0.5, 0.6) is 0 Å². The molecule has 1 heterocycles. The minimum absolute atomic E-state index is 0.0355. The van der Waals surface area contributed by atoms with E-state index >= 15 is 0 Å². The van der Waals surface area contributed by atoms with E-state index in [2.05, 4.69) is 10.4 Å². The number of hydrogen-bond donors (Lipinski definition) is 3. The number of primary amides is 1. The first-order valence-electron chi connectivity index (χ1n) is 11.6. The number of nitrogens with zero attached hydrogens (tertiary/aromatic N) is 2. The fourth-order valence-electron chi connectivity index (χ4n) is 4.50. The van der Waals surface area contributed by atoms with Crippen LogP contribution in [0.1, 0.15) is 74.8 Å². The number of hydrogen-bond acceptors (Lipinski definition) is 4. The fourth-order valence-corrected chi connectivity index (χ4v) is 4.50. The molecule has 5 N–H and O–H groups in total. The van der Waals surface area contributed by atoms with Gasteiger partial charge in [0.15, 0.2) is 5.69 Å². The molecule has 2 amide bonds. The molecule has 4 rings (SSSR count). The van der Waals surface area contributed by atoms with Gasteiger partial charge < -0.3 is 16.8 Å². The predicted molar refractivity (Wildman–Crippen MR) is 130 cm³/mol.